The summed E-state index contributed by atoms with van der Waals surface area (Å²) in [7, 11) is 0. The van der Waals surface area contributed by atoms with Crippen molar-refractivity contribution in [3.63, 3.8) is 0 Å². The smallest absolute Gasteiger partial charge is 0.178 e. The first-order valence-corrected chi connectivity index (χ1v) is 6.57. The Morgan fingerprint density at radius 1 is 1.14 bits per heavy atom. The standard InChI is InChI=1S/C17H13FN2O/c1-12(21)17(10-13-6-3-2-4-7-13)20-16-9-5-8-15(18)14(16)11-19-20/h2-11H,1H3/b17-10-. The third-order valence-corrected chi connectivity index (χ3v) is 3.25. The van der Waals surface area contributed by atoms with Crippen molar-refractivity contribution in [2.24, 2.45) is 0 Å². The molecule has 0 aliphatic carbocycles. The van der Waals surface area contributed by atoms with Crippen LogP contribution in [0.2, 0.25) is 0 Å². The molecule has 21 heavy (non-hydrogen) atoms. The number of carbonyl (C=O) groups is 1. The average Bonchev–Trinajstić information content (AvgIpc) is 2.91. The van der Waals surface area contributed by atoms with Gasteiger partial charge in [-0.3, -0.25) is 4.79 Å². The van der Waals surface area contributed by atoms with Crippen molar-refractivity contribution in [3.05, 3.63) is 66.1 Å². The number of allylic oxidation sites excluding steroid dienone is 1. The van der Waals surface area contributed by atoms with Crippen LogP contribution in [-0.2, 0) is 4.79 Å². The predicted molar refractivity (Wildman–Crippen MR) is 81.0 cm³/mol. The van der Waals surface area contributed by atoms with E-state index in [1.54, 1.807) is 18.2 Å². The molecule has 104 valence electrons. The maximum absolute atomic E-state index is 13.7. The average molecular weight is 280 g/mol. The van der Waals surface area contributed by atoms with Crippen LogP contribution in [0.5, 0.6) is 0 Å². The van der Waals surface area contributed by atoms with Gasteiger partial charge in [-0.15, -0.1) is 0 Å². The number of benzene rings is 2. The number of carbonyl (C=O) groups excluding carboxylic acids is 1. The summed E-state index contributed by atoms with van der Waals surface area (Å²) in [4.78, 5) is 12.0. The van der Waals surface area contributed by atoms with Crippen molar-refractivity contribution in [2.45, 2.75) is 6.92 Å². The molecule has 0 aliphatic rings. The molecule has 0 saturated carbocycles. The zero-order valence-corrected chi connectivity index (χ0v) is 11.5. The fourth-order valence-corrected chi connectivity index (χ4v) is 2.23. The van der Waals surface area contributed by atoms with E-state index >= 15 is 0 Å². The van der Waals surface area contributed by atoms with Crippen molar-refractivity contribution in [3.8, 4) is 0 Å². The summed E-state index contributed by atoms with van der Waals surface area (Å²) in [6.45, 7) is 1.47. The SMILES string of the molecule is CC(=O)/C(=C/c1ccccc1)n1ncc2c(F)cccc21. The number of hydrogen-bond acceptors (Lipinski definition) is 2. The molecule has 0 saturated heterocycles. The van der Waals surface area contributed by atoms with Crippen LogP contribution >= 0.6 is 0 Å². The summed E-state index contributed by atoms with van der Waals surface area (Å²) < 4.78 is 15.2. The number of fused-ring (bicyclic) bond motifs is 1. The van der Waals surface area contributed by atoms with Gasteiger partial charge in [0.25, 0.3) is 0 Å². The van der Waals surface area contributed by atoms with E-state index in [0.29, 0.717) is 16.6 Å². The summed E-state index contributed by atoms with van der Waals surface area (Å²) in [5, 5.41) is 4.56. The highest BCUT2D eigenvalue weighted by Gasteiger charge is 2.13. The van der Waals surface area contributed by atoms with Crippen molar-refractivity contribution in [1.29, 1.82) is 0 Å². The maximum Gasteiger partial charge on any atom is 0.178 e. The lowest BCUT2D eigenvalue weighted by Gasteiger charge is -2.06. The van der Waals surface area contributed by atoms with Gasteiger partial charge < -0.3 is 0 Å². The van der Waals surface area contributed by atoms with Crippen LogP contribution in [-0.4, -0.2) is 15.6 Å². The summed E-state index contributed by atoms with van der Waals surface area (Å²) >= 11 is 0. The highest BCUT2D eigenvalue weighted by molar-refractivity contribution is 6.19. The number of rotatable bonds is 3. The highest BCUT2D eigenvalue weighted by atomic mass is 19.1. The van der Waals surface area contributed by atoms with Gasteiger partial charge in [-0.1, -0.05) is 36.4 Å². The zero-order chi connectivity index (χ0) is 14.8. The second-order valence-electron chi connectivity index (χ2n) is 4.73. The Morgan fingerprint density at radius 2 is 1.90 bits per heavy atom. The van der Waals surface area contributed by atoms with Gasteiger partial charge in [-0.25, -0.2) is 9.07 Å². The van der Waals surface area contributed by atoms with Gasteiger partial charge in [0, 0.05) is 6.92 Å². The summed E-state index contributed by atoms with van der Waals surface area (Å²) in [6.07, 6.45) is 3.19. The maximum atomic E-state index is 13.7. The lowest BCUT2D eigenvalue weighted by atomic mass is 10.1. The van der Waals surface area contributed by atoms with Gasteiger partial charge in [0.1, 0.15) is 11.5 Å². The molecule has 3 nitrogen and oxygen atoms in total. The quantitative estimate of drug-likeness (QED) is 0.685. The van der Waals surface area contributed by atoms with E-state index in [0.717, 1.165) is 5.56 Å². The second kappa shape index (κ2) is 5.32. The molecular formula is C17H13FN2O. The number of nitrogens with zero attached hydrogens (tertiary/aromatic N) is 2. The lowest BCUT2D eigenvalue weighted by Crippen LogP contribution is -2.06. The van der Waals surface area contributed by atoms with Crippen LogP contribution < -0.4 is 0 Å². The molecule has 0 unspecified atom stereocenters. The minimum atomic E-state index is -0.346. The van der Waals surface area contributed by atoms with Crippen LogP contribution in [0.1, 0.15) is 12.5 Å². The Bertz CT molecular complexity index is 834. The molecule has 0 aliphatic heterocycles. The molecule has 0 amide bonds. The van der Waals surface area contributed by atoms with E-state index < -0.39 is 0 Å². The Kier molecular flexibility index (Phi) is 3.36. The van der Waals surface area contributed by atoms with Crippen LogP contribution in [0.15, 0.2) is 54.7 Å². The topological polar surface area (TPSA) is 34.9 Å². The van der Waals surface area contributed by atoms with E-state index in [2.05, 4.69) is 5.10 Å². The largest absolute Gasteiger partial charge is 0.293 e. The molecule has 0 bridgehead atoms. The predicted octanol–water partition coefficient (Wildman–Crippen LogP) is 3.76. The van der Waals surface area contributed by atoms with E-state index in [4.69, 9.17) is 0 Å². The summed E-state index contributed by atoms with van der Waals surface area (Å²) in [6, 6.07) is 14.2. The Morgan fingerprint density at radius 3 is 2.62 bits per heavy atom. The second-order valence-corrected chi connectivity index (χ2v) is 4.73. The fourth-order valence-electron chi connectivity index (χ4n) is 2.23. The Labute approximate surface area is 121 Å². The first kappa shape index (κ1) is 13.2. The van der Waals surface area contributed by atoms with Gasteiger partial charge in [-0.05, 0) is 23.8 Å². The normalized spacial score (nSPS) is 11.8. The molecule has 2 aromatic carbocycles. The number of halogens is 1. The van der Waals surface area contributed by atoms with E-state index in [1.165, 1.54) is 23.9 Å². The molecule has 3 aromatic rings. The third-order valence-electron chi connectivity index (χ3n) is 3.25. The van der Waals surface area contributed by atoms with E-state index in [1.807, 2.05) is 30.3 Å². The van der Waals surface area contributed by atoms with Crippen molar-refractivity contribution < 1.29 is 9.18 Å². The fraction of sp³-hybridized carbons (Fsp3) is 0.0588. The van der Waals surface area contributed by atoms with Crippen LogP contribution in [0, 0.1) is 5.82 Å². The third kappa shape index (κ3) is 2.48. The van der Waals surface area contributed by atoms with Gasteiger partial charge in [0.15, 0.2) is 5.78 Å². The van der Waals surface area contributed by atoms with Crippen LogP contribution in [0.25, 0.3) is 22.7 Å². The number of ketones is 1. The molecule has 1 aromatic heterocycles. The summed E-state index contributed by atoms with van der Waals surface area (Å²) in [5.74, 6) is -0.477. The molecule has 0 radical (unpaired) electrons. The van der Waals surface area contributed by atoms with Crippen molar-refractivity contribution in [1.82, 2.24) is 9.78 Å². The zero-order valence-electron chi connectivity index (χ0n) is 11.5. The van der Waals surface area contributed by atoms with Crippen LogP contribution in [0.4, 0.5) is 4.39 Å². The van der Waals surface area contributed by atoms with Crippen molar-refractivity contribution >= 4 is 28.5 Å². The molecule has 1 heterocycles. The van der Waals surface area contributed by atoms with E-state index in [9.17, 15) is 9.18 Å². The molecule has 3 rings (SSSR count). The minimum absolute atomic E-state index is 0.131. The Balaban J connectivity index is 2.19. The van der Waals surface area contributed by atoms with Gasteiger partial charge >= 0.3 is 0 Å². The number of aromatic nitrogens is 2. The minimum Gasteiger partial charge on any atom is -0.293 e. The Hall–Kier alpha value is -2.75. The molecule has 4 heteroatoms. The van der Waals surface area contributed by atoms with Gasteiger partial charge in [0.05, 0.1) is 17.1 Å². The van der Waals surface area contributed by atoms with Gasteiger partial charge in [-0.2, -0.15) is 5.10 Å². The van der Waals surface area contributed by atoms with Crippen LogP contribution in [0.3, 0.4) is 0 Å². The molecule has 0 spiro atoms. The molecule has 0 N–H and O–H groups in total. The monoisotopic (exact) mass is 280 g/mol. The highest BCUT2D eigenvalue weighted by Crippen LogP contribution is 2.22. The molecule has 0 fully saturated rings. The molecule has 0 atom stereocenters. The number of Topliss-reactive ketones (excluding diaryl/α,β-unsaturated/α-hetero) is 1. The van der Waals surface area contributed by atoms with Gasteiger partial charge in [0.2, 0.25) is 0 Å². The van der Waals surface area contributed by atoms with E-state index in [-0.39, 0.29) is 11.6 Å². The first-order chi connectivity index (χ1) is 10.2. The first-order valence-electron chi connectivity index (χ1n) is 6.57. The molecular weight excluding hydrogens is 267 g/mol. The summed E-state index contributed by atoms with van der Waals surface area (Å²) in [5.41, 5.74) is 1.87. The van der Waals surface area contributed by atoms with Crippen molar-refractivity contribution in [2.75, 3.05) is 0 Å². The lowest BCUT2D eigenvalue weighted by molar-refractivity contribution is -0.112. The number of hydrogen-bond donors (Lipinski definition) is 0.